The Kier molecular flexibility index (Phi) is 6.22. The van der Waals surface area contributed by atoms with E-state index in [0.717, 1.165) is 6.07 Å². The Bertz CT molecular complexity index is 932. The SMILES string of the molecule is O=C(COc1ccc(F)c(Cl)c1)N1CCC(O)(c2ccc([SH](=O)=O)cc2)CC1. The van der Waals surface area contributed by atoms with Gasteiger partial charge in [-0.3, -0.25) is 4.79 Å². The van der Waals surface area contributed by atoms with E-state index in [1.807, 2.05) is 0 Å². The standard InChI is InChI=1S/C19H19ClFNO5S/c20-16-11-14(3-6-17(16)21)27-12-18(23)22-9-7-19(24,8-10-22)13-1-4-15(5-2-13)28(25)26/h1-6,11,24,28H,7-10,12H2. The summed E-state index contributed by atoms with van der Waals surface area (Å²) in [6.07, 6.45) is 0.647. The topological polar surface area (TPSA) is 83.9 Å². The van der Waals surface area contributed by atoms with Gasteiger partial charge in [0, 0.05) is 19.2 Å². The molecule has 6 nitrogen and oxygen atoms in total. The van der Waals surface area contributed by atoms with E-state index in [1.165, 1.54) is 24.3 Å². The maximum atomic E-state index is 13.1. The molecule has 1 N–H and O–H groups in total. The van der Waals surface area contributed by atoms with E-state index in [-0.39, 0.29) is 22.4 Å². The summed E-state index contributed by atoms with van der Waals surface area (Å²) in [5, 5.41) is 10.8. The maximum absolute atomic E-state index is 13.1. The molecule has 0 unspecified atom stereocenters. The first-order chi connectivity index (χ1) is 13.3. The highest BCUT2D eigenvalue weighted by atomic mass is 35.5. The van der Waals surface area contributed by atoms with Crippen LogP contribution in [0.2, 0.25) is 5.02 Å². The van der Waals surface area contributed by atoms with Gasteiger partial charge in [-0.2, -0.15) is 0 Å². The fraction of sp³-hybridized carbons (Fsp3) is 0.316. The van der Waals surface area contributed by atoms with E-state index >= 15 is 0 Å². The number of benzene rings is 2. The van der Waals surface area contributed by atoms with Crippen LogP contribution in [-0.2, 0) is 21.1 Å². The summed E-state index contributed by atoms with van der Waals surface area (Å²) >= 11 is 5.68. The summed E-state index contributed by atoms with van der Waals surface area (Å²) < 4.78 is 40.5. The zero-order valence-corrected chi connectivity index (χ0v) is 16.5. The van der Waals surface area contributed by atoms with Crippen molar-refractivity contribution in [1.82, 2.24) is 4.90 Å². The van der Waals surface area contributed by atoms with Crippen molar-refractivity contribution in [2.75, 3.05) is 19.7 Å². The molecule has 0 atom stereocenters. The normalized spacial score (nSPS) is 16.2. The molecule has 1 aliphatic heterocycles. The van der Waals surface area contributed by atoms with Crippen LogP contribution in [0.1, 0.15) is 18.4 Å². The minimum Gasteiger partial charge on any atom is -0.484 e. The van der Waals surface area contributed by atoms with Gasteiger partial charge in [0.05, 0.1) is 15.5 Å². The van der Waals surface area contributed by atoms with Crippen molar-refractivity contribution in [2.45, 2.75) is 23.3 Å². The van der Waals surface area contributed by atoms with E-state index < -0.39 is 22.1 Å². The lowest BCUT2D eigenvalue weighted by atomic mass is 9.84. The van der Waals surface area contributed by atoms with Crippen LogP contribution in [0.25, 0.3) is 0 Å². The number of carbonyl (C=O) groups is 1. The Labute approximate surface area is 168 Å². The molecule has 3 rings (SSSR count). The second kappa shape index (κ2) is 8.46. The largest absolute Gasteiger partial charge is 0.484 e. The molecule has 9 heteroatoms. The first kappa shape index (κ1) is 20.6. The second-order valence-corrected chi connectivity index (χ2v) is 8.02. The van der Waals surface area contributed by atoms with Crippen molar-refractivity contribution in [3.63, 3.8) is 0 Å². The second-order valence-electron chi connectivity index (χ2n) is 6.58. The average molecular weight is 428 g/mol. The molecule has 0 radical (unpaired) electrons. The van der Waals surface area contributed by atoms with Gasteiger partial charge in [0.1, 0.15) is 11.6 Å². The lowest BCUT2D eigenvalue weighted by Crippen LogP contribution is -2.46. The van der Waals surface area contributed by atoms with Crippen LogP contribution in [0.3, 0.4) is 0 Å². The van der Waals surface area contributed by atoms with Gasteiger partial charge in [0.25, 0.3) is 5.91 Å². The summed E-state index contributed by atoms with van der Waals surface area (Å²) in [5.74, 6) is -0.517. The molecule has 0 spiro atoms. The van der Waals surface area contributed by atoms with Crippen LogP contribution in [0.15, 0.2) is 47.4 Å². The van der Waals surface area contributed by atoms with Gasteiger partial charge in [-0.15, -0.1) is 0 Å². The van der Waals surface area contributed by atoms with E-state index in [2.05, 4.69) is 0 Å². The zero-order valence-electron chi connectivity index (χ0n) is 14.8. The Morgan fingerprint density at radius 2 is 1.82 bits per heavy atom. The number of halogens is 2. The summed E-state index contributed by atoms with van der Waals surface area (Å²) in [7, 11) is -2.66. The molecule has 1 aliphatic rings. The summed E-state index contributed by atoms with van der Waals surface area (Å²) in [5.41, 5.74) is -0.493. The number of nitrogens with zero attached hydrogens (tertiary/aromatic N) is 1. The van der Waals surface area contributed by atoms with Crippen molar-refractivity contribution in [1.29, 1.82) is 0 Å². The molecule has 150 valence electrons. The molecule has 0 saturated carbocycles. The molecule has 1 saturated heterocycles. The molecule has 0 aliphatic carbocycles. The highest BCUT2D eigenvalue weighted by Crippen LogP contribution is 2.33. The highest BCUT2D eigenvalue weighted by molar-refractivity contribution is 7.72. The van der Waals surface area contributed by atoms with Gasteiger partial charge >= 0.3 is 0 Å². The van der Waals surface area contributed by atoms with Crippen molar-refractivity contribution < 1.29 is 27.4 Å². The first-order valence-corrected chi connectivity index (χ1v) is 10.2. The van der Waals surface area contributed by atoms with Crippen LogP contribution >= 0.6 is 11.6 Å². The molecule has 1 fully saturated rings. The van der Waals surface area contributed by atoms with Crippen LogP contribution in [0.5, 0.6) is 5.75 Å². The number of ether oxygens (including phenoxy) is 1. The van der Waals surface area contributed by atoms with Gasteiger partial charge in [0.2, 0.25) is 0 Å². The fourth-order valence-corrected chi connectivity index (χ4v) is 3.67. The Balaban J connectivity index is 1.56. The smallest absolute Gasteiger partial charge is 0.260 e. The number of likely N-dealkylation sites (tertiary alicyclic amines) is 1. The summed E-state index contributed by atoms with van der Waals surface area (Å²) in [6.45, 7) is 0.451. The monoisotopic (exact) mass is 427 g/mol. The van der Waals surface area contributed by atoms with E-state index in [9.17, 15) is 22.7 Å². The molecule has 0 bridgehead atoms. The lowest BCUT2D eigenvalue weighted by Gasteiger charge is -2.38. The molecule has 1 heterocycles. The molecule has 2 aromatic rings. The van der Waals surface area contributed by atoms with Gasteiger partial charge in [-0.1, -0.05) is 23.7 Å². The van der Waals surface area contributed by atoms with Crippen molar-refractivity contribution >= 4 is 28.2 Å². The highest BCUT2D eigenvalue weighted by Gasteiger charge is 2.35. The van der Waals surface area contributed by atoms with E-state index in [1.54, 1.807) is 17.0 Å². The molecule has 2 aromatic carbocycles. The lowest BCUT2D eigenvalue weighted by molar-refractivity contribution is -0.137. The van der Waals surface area contributed by atoms with Crippen LogP contribution in [0.4, 0.5) is 4.39 Å². The molecule has 1 amide bonds. The molecule has 0 aromatic heterocycles. The number of piperidine rings is 1. The number of thiol groups is 1. The van der Waals surface area contributed by atoms with Crippen LogP contribution < -0.4 is 4.74 Å². The number of hydrogen-bond donors (Lipinski definition) is 2. The number of rotatable bonds is 5. The third-order valence-electron chi connectivity index (χ3n) is 4.81. The van der Waals surface area contributed by atoms with E-state index in [0.29, 0.717) is 37.2 Å². The Morgan fingerprint density at radius 1 is 1.18 bits per heavy atom. The third-order valence-corrected chi connectivity index (χ3v) is 5.82. The minimum absolute atomic E-state index is 0.0828. The first-order valence-electron chi connectivity index (χ1n) is 8.61. The predicted molar refractivity (Wildman–Crippen MR) is 102 cm³/mol. The number of aliphatic hydroxyl groups is 1. The summed E-state index contributed by atoms with van der Waals surface area (Å²) in [4.78, 5) is 14.1. The quantitative estimate of drug-likeness (QED) is 0.715. The van der Waals surface area contributed by atoms with Gasteiger partial charge in [0.15, 0.2) is 17.3 Å². The third kappa shape index (κ3) is 4.63. The van der Waals surface area contributed by atoms with Crippen molar-refractivity contribution in [3.8, 4) is 5.75 Å². The molecular weight excluding hydrogens is 409 g/mol. The van der Waals surface area contributed by atoms with Crippen LogP contribution in [-0.4, -0.2) is 44.0 Å². The Hall–Kier alpha value is -2.16. The molecule has 28 heavy (non-hydrogen) atoms. The van der Waals surface area contributed by atoms with E-state index in [4.69, 9.17) is 16.3 Å². The maximum Gasteiger partial charge on any atom is 0.260 e. The fourth-order valence-electron chi connectivity index (χ4n) is 3.11. The Morgan fingerprint density at radius 3 is 2.39 bits per heavy atom. The minimum atomic E-state index is -2.66. The number of carbonyl (C=O) groups excluding carboxylic acids is 1. The number of amides is 1. The average Bonchev–Trinajstić information content (AvgIpc) is 2.69. The van der Waals surface area contributed by atoms with Gasteiger partial charge < -0.3 is 14.7 Å². The molecular formula is C19H19ClFNO5S. The van der Waals surface area contributed by atoms with Crippen molar-refractivity contribution in [3.05, 3.63) is 58.9 Å². The van der Waals surface area contributed by atoms with Crippen molar-refractivity contribution in [2.24, 2.45) is 0 Å². The van der Waals surface area contributed by atoms with Crippen LogP contribution in [0, 0.1) is 5.82 Å². The predicted octanol–water partition coefficient (Wildman–Crippen LogP) is 2.34. The van der Waals surface area contributed by atoms with Gasteiger partial charge in [-0.25, -0.2) is 12.8 Å². The number of hydrogen-bond acceptors (Lipinski definition) is 5. The zero-order chi connectivity index (χ0) is 20.3. The van der Waals surface area contributed by atoms with Gasteiger partial charge in [-0.05, 0) is 42.7 Å². The summed E-state index contributed by atoms with van der Waals surface area (Å²) in [6, 6.07) is 9.97.